The monoisotopic (exact) mass is 1370 g/mol. The lowest BCUT2D eigenvalue weighted by molar-refractivity contribution is -0.161. The Hall–Kier alpha value is -3.76. The van der Waals surface area contributed by atoms with E-state index in [0.717, 1.165) is 135 Å². The molecule has 0 aromatic heterocycles. The molecule has 5 atom stereocenters. The molecular formula is C75H132O17P2. The zero-order valence-corrected chi connectivity index (χ0v) is 60.9. The van der Waals surface area contributed by atoms with Crippen molar-refractivity contribution in [2.45, 2.75) is 329 Å². The second kappa shape index (κ2) is 67.8. The molecule has 0 aromatic carbocycles. The van der Waals surface area contributed by atoms with Crippen LogP contribution in [0.25, 0.3) is 0 Å². The molecule has 0 saturated heterocycles. The van der Waals surface area contributed by atoms with E-state index in [-0.39, 0.29) is 25.7 Å². The third-order valence-electron chi connectivity index (χ3n) is 15.3. The highest BCUT2D eigenvalue weighted by Gasteiger charge is 2.30. The van der Waals surface area contributed by atoms with Crippen LogP contribution in [0.15, 0.2) is 85.1 Å². The summed E-state index contributed by atoms with van der Waals surface area (Å²) in [5.74, 6) is -2.25. The molecule has 17 nitrogen and oxygen atoms in total. The molecule has 19 heteroatoms. The van der Waals surface area contributed by atoms with Crippen LogP contribution >= 0.6 is 15.6 Å². The number of aliphatic hydroxyl groups is 1. The van der Waals surface area contributed by atoms with Crippen LogP contribution in [0.5, 0.6) is 0 Å². The first-order chi connectivity index (χ1) is 45.7. The van der Waals surface area contributed by atoms with Gasteiger partial charge in [-0.1, -0.05) is 254 Å². The summed E-state index contributed by atoms with van der Waals surface area (Å²) in [7, 11) is -9.95. The molecule has 0 aliphatic rings. The van der Waals surface area contributed by atoms with Gasteiger partial charge < -0.3 is 33.8 Å². The van der Waals surface area contributed by atoms with Crippen molar-refractivity contribution in [1.82, 2.24) is 0 Å². The number of ether oxygens (including phenoxy) is 4. The number of carbonyl (C=O) groups excluding carboxylic acids is 4. The maximum atomic E-state index is 13.0. The highest BCUT2D eigenvalue weighted by atomic mass is 31.2. The molecule has 0 heterocycles. The largest absolute Gasteiger partial charge is 0.472 e. The molecule has 0 rings (SSSR count). The summed E-state index contributed by atoms with van der Waals surface area (Å²) in [6, 6.07) is 0. The fraction of sp³-hybridized carbons (Fsp3) is 0.760. The topological polar surface area (TPSA) is 237 Å². The predicted octanol–water partition coefficient (Wildman–Crippen LogP) is 20.7. The van der Waals surface area contributed by atoms with Crippen molar-refractivity contribution in [2.75, 3.05) is 39.6 Å². The maximum Gasteiger partial charge on any atom is 0.472 e. The zero-order chi connectivity index (χ0) is 69.0. The number of hydrogen-bond acceptors (Lipinski definition) is 15. The molecule has 544 valence electrons. The zero-order valence-electron chi connectivity index (χ0n) is 59.1. The number of esters is 4. The Morgan fingerprint density at radius 3 is 0.915 bits per heavy atom. The molecule has 0 aliphatic heterocycles. The number of phosphoric acid groups is 2. The Bertz CT molecular complexity index is 2120. The molecule has 94 heavy (non-hydrogen) atoms. The average molecular weight is 1370 g/mol. The third-order valence-corrected chi connectivity index (χ3v) is 17.2. The first-order valence-electron chi connectivity index (χ1n) is 36.8. The van der Waals surface area contributed by atoms with Crippen molar-refractivity contribution in [3.63, 3.8) is 0 Å². The summed E-state index contributed by atoms with van der Waals surface area (Å²) < 4.78 is 68.2. The highest BCUT2D eigenvalue weighted by molar-refractivity contribution is 7.47. The van der Waals surface area contributed by atoms with Crippen LogP contribution in [0.4, 0.5) is 0 Å². The summed E-state index contributed by atoms with van der Waals surface area (Å²) in [5, 5.41) is 10.6. The highest BCUT2D eigenvalue weighted by Crippen LogP contribution is 2.45. The molecular weight excluding hydrogens is 1230 g/mol. The molecule has 5 unspecified atom stereocenters. The summed E-state index contributed by atoms with van der Waals surface area (Å²) in [6.07, 6.45) is 67.4. The van der Waals surface area contributed by atoms with Gasteiger partial charge in [0.1, 0.15) is 19.3 Å². The van der Waals surface area contributed by atoms with E-state index in [4.69, 9.17) is 37.0 Å². The van der Waals surface area contributed by atoms with E-state index in [1.165, 1.54) is 89.9 Å². The van der Waals surface area contributed by atoms with Gasteiger partial charge in [0.15, 0.2) is 12.2 Å². The number of phosphoric ester groups is 2. The number of rotatable bonds is 69. The van der Waals surface area contributed by atoms with Gasteiger partial charge in [-0.2, -0.15) is 0 Å². The lowest BCUT2D eigenvalue weighted by Gasteiger charge is -2.21. The Kier molecular flexibility index (Phi) is 65.1. The Morgan fingerprint density at radius 1 is 0.309 bits per heavy atom. The van der Waals surface area contributed by atoms with Crippen LogP contribution in [0.3, 0.4) is 0 Å². The standard InChI is InChI=1S/C75H132O17P2/c1-5-9-13-17-21-25-29-32-33-34-35-38-41-44-48-52-56-60-73(78)86-66-71(92-75(80)62-58-54-50-46-42-37-31-27-23-19-15-11-7-3)68-90-94(83,84)88-64-69(76)63-87-93(81,82)89-67-70(91-74(79)61-57-53-49-45-39-28-24-20-16-12-8-4)65-85-72(77)59-55-51-47-43-40-36-30-26-22-18-14-10-6-2/h9,13,21,25-27,30-33,35,38,44,48,69-71,76H,5-8,10-12,14-20,22-24,28-29,34,36-37,39-43,45-47,49-68H2,1-4H3,(H,81,82)(H,83,84)/b13-9-,25-21-,30-26-,31-27-,33-32-,38-35-,48-44-. The minimum Gasteiger partial charge on any atom is -0.462 e. The number of carbonyl (C=O) groups is 4. The number of allylic oxidation sites excluding steroid dienone is 14. The van der Waals surface area contributed by atoms with Gasteiger partial charge in [-0.15, -0.1) is 0 Å². The third kappa shape index (κ3) is 66.8. The van der Waals surface area contributed by atoms with Gasteiger partial charge >= 0.3 is 39.5 Å². The second-order valence-corrected chi connectivity index (χ2v) is 27.4. The van der Waals surface area contributed by atoms with E-state index in [1.54, 1.807) is 0 Å². The van der Waals surface area contributed by atoms with Crippen LogP contribution in [-0.2, 0) is 65.4 Å². The van der Waals surface area contributed by atoms with Crippen molar-refractivity contribution in [3.05, 3.63) is 85.1 Å². The van der Waals surface area contributed by atoms with Crippen LogP contribution in [0.1, 0.15) is 310 Å². The fourth-order valence-electron chi connectivity index (χ4n) is 9.72. The molecule has 0 radical (unpaired) electrons. The van der Waals surface area contributed by atoms with Crippen molar-refractivity contribution in [1.29, 1.82) is 0 Å². The second-order valence-electron chi connectivity index (χ2n) is 24.5. The maximum absolute atomic E-state index is 13.0. The summed E-state index contributed by atoms with van der Waals surface area (Å²) >= 11 is 0. The normalized spacial score (nSPS) is 14.5. The molecule has 0 saturated carbocycles. The first-order valence-corrected chi connectivity index (χ1v) is 39.8. The van der Waals surface area contributed by atoms with Crippen molar-refractivity contribution in [2.24, 2.45) is 0 Å². The molecule has 0 fully saturated rings. The molecule has 0 aromatic rings. The van der Waals surface area contributed by atoms with Crippen LogP contribution in [0.2, 0.25) is 0 Å². The van der Waals surface area contributed by atoms with Gasteiger partial charge in [0, 0.05) is 25.7 Å². The molecule has 3 N–H and O–H groups in total. The molecule has 0 spiro atoms. The first kappa shape index (κ1) is 90.2. The van der Waals surface area contributed by atoms with Crippen molar-refractivity contribution in [3.8, 4) is 0 Å². The van der Waals surface area contributed by atoms with E-state index in [9.17, 15) is 43.2 Å². The smallest absolute Gasteiger partial charge is 0.462 e. The molecule has 0 aliphatic carbocycles. The van der Waals surface area contributed by atoms with Crippen molar-refractivity contribution < 1.29 is 80.2 Å². The van der Waals surface area contributed by atoms with Crippen LogP contribution < -0.4 is 0 Å². The van der Waals surface area contributed by atoms with E-state index < -0.39 is 97.5 Å². The molecule has 0 bridgehead atoms. The van der Waals surface area contributed by atoms with Gasteiger partial charge in [0.2, 0.25) is 0 Å². The van der Waals surface area contributed by atoms with Crippen LogP contribution in [0, 0.1) is 0 Å². The van der Waals surface area contributed by atoms with Gasteiger partial charge in [0.25, 0.3) is 0 Å². The lowest BCUT2D eigenvalue weighted by atomic mass is 10.1. The quantitative estimate of drug-likeness (QED) is 0.0169. The Morgan fingerprint density at radius 2 is 0.564 bits per heavy atom. The minimum atomic E-state index is -4.98. The molecule has 0 amide bonds. The van der Waals surface area contributed by atoms with Crippen molar-refractivity contribution >= 4 is 39.5 Å². The van der Waals surface area contributed by atoms with Gasteiger partial charge in [-0.25, -0.2) is 9.13 Å². The SMILES string of the molecule is CC/C=C\C/C=C\C/C=C\C/C=C\C/C=C\CCCC(=O)OCC(COP(=O)(O)OCC(O)COP(=O)(O)OCC(COC(=O)CCCCCCC/C=C\CCCCCC)OC(=O)CCCCCCCCCCCCC)OC(=O)CCCCCCC/C=C\CCCCCC. The van der Waals surface area contributed by atoms with E-state index in [1.807, 2.05) is 12.2 Å². The fourth-order valence-corrected chi connectivity index (χ4v) is 11.3. The van der Waals surface area contributed by atoms with E-state index in [2.05, 4.69) is 101 Å². The van der Waals surface area contributed by atoms with Crippen LogP contribution in [-0.4, -0.2) is 96.7 Å². The van der Waals surface area contributed by atoms with Gasteiger partial charge in [-0.05, 0) is 116 Å². The number of hydrogen-bond donors (Lipinski definition) is 3. The van der Waals surface area contributed by atoms with E-state index in [0.29, 0.717) is 32.1 Å². The predicted molar refractivity (Wildman–Crippen MR) is 381 cm³/mol. The van der Waals surface area contributed by atoms with Gasteiger partial charge in [-0.3, -0.25) is 37.3 Å². The summed E-state index contributed by atoms with van der Waals surface area (Å²) in [4.78, 5) is 72.6. The van der Waals surface area contributed by atoms with Gasteiger partial charge in [0.05, 0.1) is 26.4 Å². The average Bonchev–Trinajstić information content (AvgIpc) is 2.15. The minimum absolute atomic E-state index is 0.0736. The Balaban J connectivity index is 5.36. The number of unbranched alkanes of at least 4 members (excludes halogenated alkanes) is 29. The summed E-state index contributed by atoms with van der Waals surface area (Å²) in [6.45, 7) is 4.65. The Labute approximate surface area is 570 Å². The number of aliphatic hydroxyl groups excluding tert-OH is 1. The summed E-state index contributed by atoms with van der Waals surface area (Å²) in [5.41, 5.74) is 0. The lowest BCUT2D eigenvalue weighted by Crippen LogP contribution is -2.30. The van der Waals surface area contributed by atoms with E-state index >= 15 is 0 Å².